The van der Waals surface area contributed by atoms with Crippen LogP contribution in [0.1, 0.15) is 24.2 Å². The second-order valence-electron chi connectivity index (χ2n) is 3.31. The zero-order valence-electron chi connectivity index (χ0n) is 9.94. The summed E-state index contributed by atoms with van der Waals surface area (Å²) in [7, 11) is 0. The van der Waals surface area contributed by atoms with Crippen molar-refractivity contribution in [2.45, 2.75) is 13.8 Å². The number of rotatable bonds is 4. The molecule has 0 N–H and O–H groups in total. The fourth-order valence-electron chi connectivity index (χ4n) is 1.31. The third-order valence-electron chi connectivity index (χ3n) is 2.27. The van der Waals surface area contributed by atoms with E-state index in [0.717, 1.165) is 0 Å². The molecule has 5 nitrogen and oxygen atoms in total. The summed E-state index contributed by atoms with van der Waals surface area (Å²) in [6.07, 6.45) is -0.0845. The first-order valence-corrected chi connectivity index (χ1v) is 6.07. The molecule has 18 heavy (non-hydrogen) atoms. The zero-order valence-corrected chi connectivity index (χ0v) is 11.5. The Morgan fingerprint density at radius 2 is 2.06 bits per heavy atom. The highest BCUT2D eigenvalue weighted by Crippen LogP contribution is 2.28. The fourth-order valence-corrected chi connectivity index (χ4v) is 1.80. The Hall–Kier alpha value is -1.33. The van der Waals surface area contributed by atoms with Gasteiger partial charge >= 0.3 is 6.09 Å². The van der Waals surface area contributed by atoms with Crippen LogP contribution in [0.3, 0.4) is 0 Å². The molecule has 0 saturated heterocycles. The van der Waals surface area contributed by atoms with Crippen molar-refractivity contribution >= 4 is 35.6 Å². The summed E-state index contributed by atoms with van der Waals surface area (Å²) in [5, 5.41) is -0.0603. The molecule has 7 heteroatoms. The van der Waals surface area contributed by atoms with Crippen LogP contribution in [-0.2, 0) is 0 Å². The van der Waals surface area contributed by atoms with Crippen molar-refractivity contribution in [1.29, 1.82) is 0 Å². The van der Waals surface area contributed by atoms with Gasteiger partial charge in [0.25, 0.3) is 0 Å². The van der Waals surface area contributed by atoms with E-state index in [2.05, 4.69) is 4.98 Å². The van der Waals surface area contributed by atoms with Crippen molar-refractivity contribution in [3.05, 3.63) is 21.9 Å². The number of aldehydes is 1. The smallest absolute Gasteiger partial charge is 0.406 e. The van der Waals surface area contributed by atoms with Crippen molar-refractivity contribution in [2.24, 2.45) is 0 Å². The van der Waals surface area contributed by atoms with Crippen molar-refractivity contribution in [1.82, 2.24) is 9.88 Å². The van der Waals surface area contributed by atoms with E-state index in [1.54, 1.807) is 0 Å². The lowest BCUT2D eigenvalue weighted by Gasteiger charge is -2.18. The van der Waals surface area contributed by atoms with Gasteiger partial charge < -0.3 is 9.64 Å². The summed E-state index contributed by atoms with van der Waals surface area (Å²) in [4.78, 5) is 27.8. The van der Waals surface area contributed by atoms with Gasteiger partial charge in [0.1, 0.15) is 5.15 Å². The molecule has 1 heterocycles. The maximum absolute atomic E-state index is 11.7. The van der Waals surface area contributed by atoms with Crippen LogP contribution in [0.2, 0.25) is 10.3 Å². The highest BCUT2D eigenvalue weighted by molar-refractivity contribution is 6.34. The van der Waals surface area contributed by atoms with Crippen LogP contribution in [0, 0.1) is 0 Å². The number of carbonyl (C=O) groups excluding carboxylic acids is 2. The Morgan fingerprint density at radius 3 is 2.56 bits per heavy atom. The average molecular weight is 291 g/mol. The number of ether oxygens (including phenoxy) is 1. The van der Waals surface area contributed by atoms with Crippen LogP contribution in [0.15, 0.2) is 6.07 Å². The van der Waals surface area contributed by atoms with Gasteiger partial charge in [0.15, 0.2) is 17.2 Å². The third-order valence-corrected chi connectivity index (χ3v) is 2.72. The first kappa shape index (κ1) is 14.7. The largest absolute Gasteiger partial charge is 0.415 e. The molecule has 0 fully saturated rings. The highest BCUT2D eigenvalue weighted by atomic mass is 35.5. The van der Waals surface area contributed by atoms with Crippen LogP contribution in [0.5, 0.6) is 5.75 Å². The molecule has 0 atom stereocenters. The fraction of sp³-hybridized carbons (Fsp3) is 0.364. The Kier molecular flexibility index (Phi) is 5.37. The molecule has 0 saturated carbocycles. The molecule has 0 aliphatic rings. The van der Waals surface area contributed by atoms with E-state index in [1.165, 1.54) is 11.0 Å². The molecule has 0 aliphatic heterocycles. The maximum Gasteiger partial charge on any atom is 0.415 e. The van der Waals surface area contributed by atoms with Crippen LogP contribution >= 0.6 is 23.2 Å². The molecule has 1 amide bonds. The summed E-state index contributed by atoms with van der Waals surface area (Å²) >= 11 is 11.4. The van der Waals surface area contributed by atoms with E-state index in [-0.39, 0.29) is 21.6 Å². The molecule has 1 aromatic rings. The number of pyridine rings is 1. The predicted octanol–water partition coefficient (Wildman–Crippen LogP) is 3.04. The van der Waals surface area contributed by atoms with Gasteiger partial charge in [0, 0.05) is 13.1 Å². The van der Waals surface area contributed by atoms with Crippen LogP contribution in [-0.4, -0.2) is 35.4 Å². The summed E-state index contributed by atoms with van der Waals surface area (Å²) in [5.41, 5.74) is 0.0838. The minimum Gasteiger partial charge on any atom is -0.406 e. The van der Waals surface area contributed by atoms with E-state index in [9.17, 15) is 9.59 Å². The van der Waals surface area contributed by atoms with E-state index in [1.807, 2.05) is 13.8 Å². The minimum atomic E-state index is -0.589. The molecule has 0 spiro atoms. The van der Waals surface area contributed by atoms with Gasteiger partial charge in [-0.2, -0.15) is 0 Å². The van der Waals surface area contributed by atoms with Gasteiger partial charge in [-0.25, -0.2) is 9.78 Å². The summed E-state index contributed by atoms with van der Waals surface area (Å²) < 4.78 is 5.07. The van der Waals surface area contributed by atoms with Crippen molar-refractivity contribution in [3.8, 4) is 5.75 Å². The molecule has 0 unspecified atom stereocenters. The third kappa shape index (κ3) is 3.34. The SMILES string of the molecule is CCN(CC)C(=O)Oc1c(C=O)cc(Cl)nc1Cl. The lowest BCUT2D eigenvalue weighted by molar-refractivity contribution is 0.111. The molecule has 1 aromatic heterocycles. The molecular weight excluding hydrogens is 279 g/mol. The first-order valence-electron chi connectivity index (χ1n) is 5.31. The summed E-state index contributed by atoms with van der Waals surface area (Å²) in [6, 6.07) is 1.28. The number of amides is 1. The number of carbonyl (C=O) groups is 2. The number of aromatic nitrogens is 1. The number of halogens is 2. The van der Waals surface area contributed by atoms with E-state index < -0.39 is 6.09 Å². The van der Waals surface area contributed by atoms with Crippen LogP contribution < -0.4 is 4.74 Å². The Bertz CT molecular complexity index is 462. The lowest BCUT2D eigenvalue weighted by atomic mass is 10.3. The van der Waals surface area contributed by atoms with Crippen molar-refractivity contribution < 1.29 is 14.3 Å². The molecule has 0 radical (unpaired) electrons. The normalized spacial score (nSPS) is 10.0. The van der Waals surface area contributed by atoms with Gasteiger partial charge in [0.2, 0.25) is 0 Å². The first-order chi connectivity index (χ1) is 8.53. The Balaban J connectivity index is 3.03. The van der Waals surface area contributed by atoms with E-state index >= 15 is 0 Å². The van der Waals surface area contributed by atoms with Gasteiger partial charge in [0.05, 0.1) is 5.56 Å². The number of hydrogen-bond donors (Lipinski definition) is 0. The second-order valence-corrected chi connectivity index (χ2v) is 4.06. The molecule has 0 aromatic carbocycles. The van der Waals surface area contributed by atoms with Gasteiger partial charge in [-0.3, -0.25) is 4.79 Å². The van der Waals surface area contributed by atoms with Gasteiger partial charge in [-0.05, 0) is 19.9 Å². The van der Waals surface area contributed by atoms with Crippen LogP contribution in [0.25, 0.3) is 0 Å². The molecule has 98 valence electrons. The minimum absolute atomic E-state index is 0.0599. The number of nitrogens with zero attached hydrogens (tertiary/aromatic N) is 2. The average Bonchev–Trinajstić information content (AvgIpc) is 2.33. The topological polar surface area (TPSA) is 59.5 Å². The molecule has 0 bridgehead atoms. The zero-order chi connectivity index (χ0) is 13.7. The summed E-state index contributed by atoms with van der Waals surface area (Å²) in [6.45, 7) is 4.61. The second kappa shape index (κ2) is 6.56. The molecule has 0 aliphatic carbocycles. The Morgan fingerprint density at radius 1 is 1.44 bits per heavy atom. The van der Waals surface area contributed by atoms with Gasteiger partial charge in [-0.15, -0.1) is 0 Å². The Labute approximate surface area is 115 Å². The molecule has 1 rings (SSSR count). The highest BCUT2D eigenvalue weighted by Gasteiger charge is 2.18. The number of hydrogen-bond acceptors (Lipinski definition) is 4. The monoisotopic (exact) mass is 290 g/mol. The van der Waals surface area contributed by atoms with E-state index in [4.69, 9.17) is 27.9 Å². The van der Waals surface area contributed by atoms with Crippen molar-refractivity contribution in [2.75, 3.05) is 13.1 Å². The van der Waals surface area contributed by atoms with E-state index in [0.29, 0.717) is 19.4 Å². The van der Waals surface area contributed by atoms with Crippen LogP contribution in [0.4, 0.5) is 4.79 Å². The maximum atomic E-state index is 11.7. The predicted molar refractivity (Wildman–Crippen MR) is 68.6 cm³/mol. The van der Waals surface area contributed by atoms with Crippen molar-refractivity contribution in [3.63, 3.8) is 0 Å². The summed E-state index contributed by atoms with van der Waals surface area (Å²) in [5.74, 6) is -0.0760. The quantitative estimate of drug-likeness (QED) is 0.632. The molecular formula is C11H12Cl2N2O3. The standard InChI is InChI=1S/C11H12Cl2N2O3/c1-3-15(4-2)11(17)18-9-7(6-16)5-8(12)14-10(9)13/h5-6H,3-4H2,1-2H3. The lowest BCUT2D eigenvalue weighted by Crippen LogP contribution is -2.33. The van der Waals surface area contributed by atoms with Gasteiger partial charge in [-0.1, -0.05) is 23.2 Å².